The van der Waals surface area contributed by atoms with Crippen LogP contribution in [0.4, 0.5) is 0 Å². The molecule has 1 aromatic carbocycles. The SMILES string of the molecule is NC(=O)[C@@H](Cc1ccccc1)NC(=O)[C@@H](CCCN=C(N)N)NC(=O)C12CC3CC(CC(C3)C1)C2. The van der Waals surface area contributed by atoms with Crippen LogP contribution in [-0.2, 0) is 20.8 Å². The molecule has 0 heterocycles. The van der Waals surface area contributed by atoms with Crippen LogP contribution in [0.2, 0.25) is 0 Å². The Labute approximate surface area is 206 Å². The number of hydrogen-bond donors (Lipinski definition) is 5. The van der Waals surface area contributed by atoms with E-state index in [1.54, 1.807) is 0 Å². The van der Waals surface area contributed by atoms with Gasteiger partial charge in [0, 0.05) is 18.4 Å². The van der Waals surface area contributed by atoms with Gasteiger partial charge in [-0.25, -0.2) is 0 Å². The van der Waals surface area contributed by atoms with Crippen molar-refractivity contribution >= 4 is 23.7 Å². The Morgan fingerprint density at radius 2 is 1.51 bits per heavy atom. The number of aliphatic imine (C=N–C) groups is 1. The van der Waals surface area contributed by atoms with E-state index in [0.29, 0.717) is 37.1 Å². The van der Waals surface area contributed by atoms with E-state index in [9.17, 15) is 14.4 Å². The summed E-state index contributed by atoms with van der Waals surface area (Å²) in [6, 6.07) is 7.71. The number of amides is 3. The Kier molecular flexibility index (Phi) is 7.62. The molecule has 0 unspecified atom stereocenters. The van der Waals surface area contributed by atoms with E-state index in [1.807, 2.05) is 30.3 Å². The summed E-state index contributed by atoms with van der Waals surface area (Å²) < 4.78 is 0. The van der Waals surface area contributed by atoms with Crippen molar-refractivity contribution < 1.29 is 14.4 Å². The molecule has 3 amide bonds. The highest BCUT2D eigenvalue weighted by Gasteiger charge is 2.55. The Morgan fingerprint density at radius 1 is 0.914 bits per heavy atom. The molecule has 9 nitrogen and oxygen atoms in total. The van der Waals surface area contributed by atoms with Crippen LogP contribution < -0.4 is 27.8 Å². The van der Waals surface area contributed by atoms with Crippen LogP contribution >= 0.6 is 0 Å². The summed E-state index contributed by atoms with van der Waals surface area (Å²) >= 11 is 0. The molecule has 0 saturated heterocycles. The molecule has 2 atom stereocenters. The molecule has 9 heteroatoms. The van der Waals surface area contributed by atoms with E-state index in [-0.39, 0.29) is 23.7 Å². The lowest BCUT2D eigenvalue weighted by atomic mass is 9.49. The smallest absolute Gasteiger partial charge is 0.243 e. The van der Waals surface area contributed by atoms with Gasteiger partial charge in [-0.15, -0.1) is 0 Å². The first-order chi connectivity index (χ1) is 16.7. The van der Waals surface area contributed by atoms with Crippen molar-refractivity contribution in [2.24, 2.45) is 45.4 Å². The first-order valence-corrected chi connectivity index (χ1v) is 12.7. The van der Waals surface area contributed by atoms with E-state index in [1.165, 1.54) is 19.3 Å². The molecular formula is C26H38N6O3. The van der Waals surface area contributed by atoms with Crippen LogP contribution in [0.5, 0.6) is 0 Å². The second-order valence-corrected chi connectivity index (χ2v) is 10.8. The highest BCUT2D eigenvalue weighted by molar-refractivity contribution is 5.93. The van der Waals surface area contributed by atoms with E-state index in [4.69, 9.17) is 17.2 Å². The van der Waals surface area contributed by atoms with Crippen LogP contribution in [0, 0.1) is 23.2 Å². The number of primary amides is 1. The number of rotatable bonds is 11. The number of carbonyl (C=O) groups is 3. The monoisotopic (exact) mass is 482 g/mol. The van der Waals surface area contributed by atoms with Crippen LogP contribution in [-0.4, -0.2) is 42.3 Å². The van der Waals surface area contributed by atoms with E-state index in [0.717, 1.165) is 24.8 Å². The largest absolute Gasteiger partial charge is 0.370 e. The zero-order chi connectivity index (χ0) is 25.0. The average molecular weight is 483 g/mol. The fourth-order valence-electron chi connectivity index (χ4n) is 6.82. The summed E-state index contributed by atoms with van der Waals surface area (Å²) in [5, 5.41) is 5.84. The minimum atomic E-state index is -0.874. The minimum absolute atomic E-state index is 0.0137. The van der Waals surface area contributed by atoms with Gasteiger partial charge in [0.25, 0.3) is 0 Å². The molecule has 0 radical (unpaired) electrons. The van der Waals surface area contributed by atoms with Crippen molar-refractivity contribution in [1.82, 2.24) is 10.6 Å². The molecular weight excluding hydrogens is 444 g/mol. The van der Waals surface area contributed by atoms with Crippen molar-refractivity contribution in [1.29, 1.82) is 0 Å². The average Bonchev–Trinajstić information content (AvgIpc) is 2.80. The van der Waals surface area contributed by atoms with Crippen LogP contribution in [0.3, 0.4) is 0 Å². The molecule has 5 rings (SSSR count). The summed E-state index contributed by atoms with van der Waals surface area (Å²) in [4.78, 5) is 43.0. The van der Waals surface area contributed by atoms with Crippen molar-refractivity contribution in [3.63, 3.8) is 0 Å². The lowest BCUT2D eigenvalue weighted by Gasteiger charge is -2.55. The third-order valence-corrected chi connectivity index (χ3v) is 8.03. The van der Waals surface area contributed by atoms with Gasteiger partial charge >= 0.3 is 0 Å². The molecule has 4 bridgehead atoms. The molecule has 0 aromatic heterocycles. The van der Waals surface area contributed by atoms with Gasteiger partial charge in [-0.1, -0.05) is 30.3 Å². The van der Waals surface area contributed by atoms with Crippen molar-refractivity contribution in [2.45, 2.75) is 69.9 Å². The molecule has 35 heavy (non-hydrogen) atoms. The van der Waals surface area contributed by atoms with Gasteiger partial charge in [-0.3, -0.25) is 19.4 Å². The molecule has 0 aliphatic heterocycles. The predicted molar refractivity (Wildman–Crippen MR) is 134 cm³/mol. The maximum Gasteiger partial charge on any atom is 0.243 e. The summed E-state index contributed by atoms with van der Waals surface area (Å²) in [5.41, 5.74) is 17.0. The van der Waals surface area contributed by atoms with Crippen molar-refractivity contribution in [3.8, 4) is 0 Å². The first-order valence-electron chi connectivity index (χ1n) is 12.7. The van der Waals surface area contributed by atoms with Crippen LogP contribution in [0.1, 0.15) is 56.9 Å². The highest BCUT2D eigenvalue weighted by atomic mass is 16.2. The molecule has 190 valence electrons. The normalized spacial score (nSPS) is 28.1. The van der Waals surface area contributed by atoms with Gasteiger partial charge in [0.15, 0.2) is 5.96 Å². The maximum atomic E-state index is 13.6. The first kappa shape index (κ1) is 25.0. The molecule has 4 saturated carbocycles. The Morgan fingerprint density at radius 3 is 2.06 bits per heavy atom. The van der Waals surface area contributed by atoms with E-state index >= 15 is 0 Å². The zero-order valence-electron chi connectivity index (χ0n) is 20.2. The van der Waals surface area contributed by atoms with Gasteiger partial charge in [0.05, 0.1) is 0 Å². The fraction of sp³-hybridized carbons (Fsp3) is 0.615. The zero-order valence-corrected chi connectivity index (χ0v) is 20.2. The molecule has 1 aromatic rings. The second kappa shape index (κ2) is 10.7. The lowest BCUT2D eigenvalue weighted by molar-refractivity contribution is -0.148. The Balaban J connectivity index is 1.45. The number of hydrogen-bond acceptors (Lipinski definition) is 4. The standard InChI is InChI=1S/C26H38N6O3/c27-22(33)21(12-16-5-2-1-3-6-16)31-23(34)20(7-4-8-30-25(28)29)32-24(35)26-13-17-9-18(14-26)11-19(10-17)15-26/h1-3,5-6,17-21H,4,7-15H2,(H2,27,33)(H,31,34)(H,32,35)(H4,28,29,30)/t17?,18?,19?,20-,21-,26?/m1/s1. The van der Waals surface area contributed by atoms with Gasteiger partial charge in [0.1, 0.15) is 12.1 Å². The third-order valence-electron chi connectivity index (χ3n) is 8.03. The Bertz CT molecular complexity index is 924. The molecule has 8 N–H and O–H groups in total. The number of carbonyl (C=O) groups excluding carboxylic acids is 3. The fourth-order valence-corrected chi connectivity index (χ4v) is 6.82. The van der Waals surface area contributed by atoms with Gasteiger partial charge < -0.3 is 27.8 Å². The lowest BCUT2D eigenvalue weighted by Crippen LogP contribution is -2.58. The van der Waals surface area contributed by atoms with Crippen molar-refractivity contribution in [3.05, 3.63) is 35.9 Å². The maximum absolute atomic E-state index is 13.6. The topological polar surface area (TPSA) is 166 Å². The van der Waals surface area contributed by atoms with Gasteiger partial charge in [0.2, 0.25) is 17.7 Å². The molecule has 4 aliphatic rings. The summed E-state index contributed by atoms with van der Waals surface area (Å²) in [5.74, 6) is 0.780. The summed E-state index contributed by atoms with van der Waals surface area (Å²) in [6.07, 6.45) is 7.57. The quantitative estimate of drug-likeness (QED) is 0.180. The molecule has 0 spiro atoms. The van der Waals surface area contributed by atoms with E-state index < -0.39 is 23.9 Å². The number of guanidine groups is 1. The van der Waals surface area contributed by atoms with Gasteiger partial charge in [-0.2, -0.15) is 0 Å². The molecule has 4 aliphatic carbocycles. The summed E-state index contributed by atoms with van der Waals surface area (Å²) in [6.45, 7) is 0.350. The van der Waals surface area contributed by atoms with E-state index in [2.05, 4.69) is 15.6 Å². The van der Waals surface area contributed by atoms with Gasteiger partial charge in [-0.05, 0) is 74.7 Å². The predicted octanol–water partition coefficient (Wildman–Crippen LogP) is 0.954. The van der Waals surface area contributed by atoms with Crippen molar-refractivity contribution in [2.75, 3.05) is 6.54 Å². The molecule has 4 fully saturated rings. The number of benzene rings is 1. The Hall–Kier alpha value is -3.10. The number of nitrogens with zero attached hydrogens (tertiary/aromatic N) is 1. The number of nitrogens with one attached hydrogen (secondary N) is 2. The summed E-state index contributed by atoms with van der Waals surface area (Å²) in [7, 11) is 0. The third kappa shape index (κ3) is 6.13. The van der Waals surface area contributed by atoms with Crippen LogP contribution in [0.15, 0.2) is 35.3 Å². The van der Waals surface area contributed by atoms with Crippen LogP contribution in [0.25, 0.3) is 0 Å². The highest BCUT2D eigenvalue weighted by Crippen LogP contribution is 2.60. The second-order valence-electron chi connectivity index (χ2n) is 10.8. The minimum Gasteiger partial charge on any atom is -0.370 e. The number of nitrogens with two attached hydrogens (primary N) is 3.